The summed E-state index contributed by atoms with van der Waals surface area (Å²) in [5.41, 5.74) is 8.25. The fraction of sp³-hybridized carbons (Fsp3) is 0.562. The number of benzene rings is 1. The fourth-order valence-corrected chi connectivity index (χ4v) is 2.26. The fourth-order valence-electron chi connectivity index (χ4n) is 2.26. The number of hydrogen-bond donors (Lipinski definition) is 2. The second kappa shape index (κ2) is 10.7. The number of hydrogen-bond acceptors (Lipinski definition) is 3. The van der Waals surface area contributed by atoms with Crippen LogP contribution in [0.4, 0.5) is 5.69 Å². The van der Waals surface area contributed by atoms with E-state index in [2.05, 4.69) is 46.4 Å². The Balaban J connectivity index is 0.00000242. The Morgan fingerprint density at radius 3 is 2.59 bits per heavy atom. The maximum Gasteiger partial charge on any atom is 0.188 e. The van der Waals surface area contributed by atoms with E-state index >= 15 is 0 Å². The molecule has 1 aliphatic heterocycles. The molecule has 1 heterocycles. The van der Waals surface area contributed by atoms with Crippen molar-refractivity contribution in [2.24, 2.45) is 10.7 Å². The molecule has 3 N–H and O–H groups in total. The van der Waals surface area contributed by atoms with Gasteiger partial charge in [0.2, 0.25) is 0 Å². The molecular formula is C16H27IN4O. The summed E-state index contributed by atoms with van der Waals surface area (Å²) in [6.45, 7) is 7.22. The average molecular weight is 418 g/mol. The van der Waals surface area contributed by atoms with Gasteiger partial charge in [0.25, 0.3) is 0 Å². The average Bonchev–Trinajstić information content (AvgIpc) is 2.54. The molecule has 2 rings (SSSR count). The summed E-state index contributed by atoms with van der Waals surface area (Å²) in [7, 11) is 0. The lowest BCUT2D eigenvalue weighted by atomic mass is 10.2. The summed E-state index contributed by atoms with van der Waals surface area (Å²) < 4.78 is 5.37. The molecule has 5 nitrogen and oxygen atoms in total. The second-order valence-electron chi connectivity index (χ2n) is 5.25. The summed E-state index contributed by atoms with van der Waals surface area (Å²) in [5.74, 6) is 0.528. The van der Waals surface area contributed by atoms with Crippen LogP contribution in [-0.4, -0.2) is 38.8 Å². The van der Waals surface area contributed by atoms with Gasteiger partial charge in [-0.15, -0.1) is 24.0 Å². The van der Waals surface area contributed by atoms with Crippen LogP contribution in [0.1, 0.15) is 25.3 Å². The van der Waals surface area contributed by atoms with Crippen molar-refractivity contribution in [2.45, 2.75) is 26.3 Å². The van der Waals surface area contributed by atoms with Crippen LogP contribution >= 0.6 is 24.0 Å². The maximum atomic E-state index is 5.83. The predicted octanol–water partition coefficient (Wildman–Crippen LogP) is 2.35. The normalized spacial score (nSPS) is 15.3. The molecule has 0 unspecified atom stereocenters. The Kier molecular flexibility index (Phi) is 9.22. The van der Waals surface area contributed by atoms with Crippen molar-refractivity contribution in [3.63, 3.8) is 0 Å². The predicted molar refractivity (Wildman–Crippen MR) is 103 cm³/mol. The Morgan fingerprint density at radius 1 is 1.27 bits per heavy atom. The number of halogens is 1. The van der Waals surface area contributed by atoms with Crippen LogP contribution in [0.2, 0.25) is 0 Å². The van der Waals surface area contributed by atoms with Crippen LogP contribution in [0.3, 0.4) is 0 Å². The van der Waals surface area contributed by atoms with E-state index in [4.69, 9.17) is 10.5 Å². The number of guanidine groups is 1. The highest BCUT2D eigenvalue weighted by atomic mass is 127. The molecular weight excluding hydrogens is 391 g/mol. The van der Waals surface area contributed by atoms with E-state index in [9.17, 15) is 0 Å². The number of ether oxygens (including phenoxy) is 1. The van der Waals surface area contributed by atoms with Crippen molar-refractivity contribution in [3.8, 4) is 0 Å². The van der Waals surface area contributed by atoms with E-state index in [0.29, 0.717) is 12.5 Å². The third-order valence-electron chi connectivity index (χ3n) is 3.58. The largest absolute Gasteiger partial charge is 0.378 e. The highest BCUT2D eigenvalue weighted by molar-refractivity contribution is 14.0. The van der Waals surface area contributed by atoms with Gasteiger partial charge in [-0.3, -0.25) is 0 Å². The van der Waals surface area contributed by atoms with Gasteiger partial charge in [0, 0.05) is 25.3 Å². The molecule has 0 amide bonds. The molecule has 1 aromatic carbocycles. The zero-order valence-electron chi connectivity index (χ0n) is 13.3. The van der Waals surface area contributed by atoms with Crippen molar-refractivity contribution in [1.29, 1.82) is 0 Å². The molecule has 0 saturated carbocycles. The van der Waals surface area contributed by atoms with Crippen LogP contribution in [-0.2, 0) is 11.3 Å². The Labute approximate surface area is 150 Å². The van der Waals surface area contributed by atoms with Gasteiger partial charge in [0.1, 0.15) is 0 Å². The standard InChI is InChI=1S/C16H26N4O.HI/c1-2-3-8-18-16(17)19-13-14-4-6-15(7-5-14)20-9-11-21-12-10-20;/h4-7H,2-3,8-13H2,1H3,(H3,17,18,19);1H. The molecule has 1 aromatic rings. The van der Waals surface area contributed by atoms with E-state index in [0.717, 1.165) is 45.7 Å². The Morgan fingerprint density at radius 2 is 1.95 bits per heavy atom. The summed E-state index contributed by atoms with van der Waals surface area (Å²) >= 11 is 0. The molecule has 0 atom stereocenters. The second-order valence-corrected chi connectivity index (χ2v) is 5.25. The van der Waals surface area contributed by atoms with Crippen molar-refractivity contribution in [3.05, 3.63) is 29.8 Å². The lowest BCUT2D eigenvalue weighted by molar-refractivity contribution is 0.122. The lowest BCUT2D eigenvalue weighted by Crippen LogP contribution is -2.36. The number of unbranched alkanes of at least 4 members (excludes halogenated alkanes) is 1. The van der Waals surface area contributed by atoms with Crippen LogP contribution in [0.5, 0.6) is 0 Å². The van der Waals surface area contributed by atoms with E-state index in [1.54, 1.807) is 0 Å². The molecule has 0 spiro atoms. The number of nitrogens with two attached hydrogens (primary N) is 1. The smallest absolute Gasteiger partial charge is 0.188 e. The van der Waals surface area contributed by atoms with E-state index in [-0.39, 0.29) is 24.0 Å². The number of rotatable bonds is 6. The third-order valence-corrected chi connectivity index (χ3v) is 3.58. The van der Waals surface area contributed by atoms with Gasteiger partial charge < -0.3 is 20.7 Å². The summed E-state index contributed by atoms with van der Waals surface area (Å²) in [6.07, 6.45) is 2.27. The van der Waals surface area contributed by atoms with Gasteiger partial charge in [-0.05, 0) is 24.1 Å². The quantitative estimate of drug-likeness (QED) is 0.322. The number of morpholine rings is 1. The first-order valence-electron chi connectivity index (χ1n) is 7.75. The molecule has 0 aromatic heterocycles. The van der Waals surface area contributed by atoms with Crippen LogP contribution < -0.4 is 16.0 Å². The minimum absolute atomic E-state index is 0. The molecule has 22 heavy (non-hydrogen) atoms. The minimum atomic E-state index is 0. The third kappa shape index (κ3) is 6.39. The Hall–Kier alpha value is -1.02. The minimum Gasteiger partial charge on any atom is -0.378 e. The van der Waals surface area contributed by atoms with E-state index < -0.39 is 0 Å². The highest BCUT2D eigenvalue weighted by Crippen LogP contribution is 2.16. The molecule has 0 bridgehead atoms. The SMILES string of the molecule is CCCCNC(N)=NCc1ccc(N2CCOCC2)cc1.I. The van der Waals surface area contributed by atoms with Gasteiger partial charge in [0.05, 0.1) is 19.8 Å². The molecule has 1 saturated heterocycles. The first-order valence-corrected chi connectivity index (χ1v) is 7.75. The first-order chi connectivity index (χ1) is 10.3. The lowest BCUT2D eigenvalue weighted by Gasteiger charge is -2.28. The molecule has 6 heteroatoms. The molecule has 124 valence electrons. The van der Waals surface area contributed by atoms with Gasteiger partial charge in [-0.25, -0.2) is 4.99 Å². The van der Waals surface area contributed by atoms with Crippen LogP contribution in [0.25, 0.3) is 0 Å². The topological polar surface area (TPSA) is 62.9 Å². The highest BCUT2D eigenvalue weighted by Gasteiger charge is 2.10. The Bertz CT molecular complexity index is 444. The molecule has 0 radical (unpaired) electrons. The van der Waals surface area contributed by atoms with Crippen molar-refractivity contribution < 1.29 is 4.74 Å². The van der Waals surface area contributed by atoms with Gasteiger partial charge in [-0.2, -0.15) is 0 Å². The van der Waals surface area contributed by atoms with Crippen LogP contribution in [0, 0.1) is 0 Å². The monoisotopic (exact) mass is 418 g/mol. The molecule has 1 aliphatic rings. The summed E-state index contributed by atoms with van der Waals surface area (Å²) in [5, 5.41) is 3.12. The molecule has 1 fully saturated rings. The van der Waals surface area contributed by atoms with Crippen molar-refractivity contribution in [2.75, 3.05) is 37.7 Å². The summed E-state index contributed by atoms with van der Waals surface area (Å²) in [6, 6.07) is 8.54. The van der Waals surface area contributed by atoms with Crippen molar-refractivity contribution >= 4 is 35.6 Å². The van der Waals surface area contributed by atoms with Gasteiger partial charge in [-0.1, -0.05) is 25.5 Å². The van der Waals surface area contributed by atoms with E-state index in [1.165, 1.54) is 11.3 Å². The number of aliphatic imine (C=N–C) groups is 1. The van der Waals surface area contributed by atoms with Crippen LogP contribution in [0.15, 0.2) is 29.3 Å². The molecule has 0 aliphatic carbocycles. The first kappa shape index (κ1) is 19.0. The zero-order valence-corrected chi connectivity index (χ0v) is 15.6. The maximum absolute atomic E-state index is 5.83. The van der Waals surface area contributed by atoms with Gasteiger partial charge in [0.15, 0.2) is 5.96 Å². The van der Waals surface area contributed by atoms with Gasteiger partial charge >= 0.3 is 0 Å². The number of anilines is 1. The number of nitrogens with zero attached hydrogens (tertiary/aromatic N) is 2. The zero-order chi connectivity index (χ0) is 14.9. The number of nitrogens with one attached hydrogen (secondary N) is 1. The summed E-state index contributed by atoms with van der Waals surface area (Å²) in [4.78, 5) is 6.70. The van der Waals surface area contributed by atoms with Crippen molar-refractivity contribution in [1.82, 2.24) is 5.32 Å². The van der Waals surface area contributed by atoms with E-state index in [1.807, 2.05) is 0 Å².